The summed E-state index contributed by atoms with van der Waals surface area (Å²) in [6.07, 6.45) is 3.64. The minimum absolute atomic E-state index is 0.181. The second-order valence-electron chi connectivity index (χ2n) is 3.57. The number of rotatable bonds is 3. The summed E-state index contributed by atoms with van der Waals surface area (Å²) in [5.41, 5.74) is 2.34. The molecule has 0 saturated carbocycles. The van der Waals surface area contributed by atoms with Crippen LogP contribution in [0.4, 0.5) is 4.39 Å². The van der Waals surface area contributed by atoms with Crippen molar-refractivity contribution in [3.05, 3.63) is 53.6 Å². The third-order valence-electron chi connectivity index (χ3n) is 2.51. The maximum atomic E-state index is 12.7. The first kappa shape index (κ1) is 9.90. The van der Waals surface area contributed by atoms with Crippen LogP contribution in [0.1, 0.15) is 11.3 Å². The maximum Gasteiger partial charge on any atom is 0.123 e. The van der Waals surface area contributed by atoms with Gasteiger partial charge in [0.2, 0.25) is 0 Å². The topological polar surface area (TPSA) is 17.8 Å². The second-order valence-corrected chi connectivity index (χ2v) is 3.57. The molecule has 2 rings (SSSR count). The van der Waals surface area contributed by atoms with E-state index in [-0.39, 0.29) is 5.82 Å². The molecule has 78 valence electrons. The van der Waals surface area contributed by atoms with Crippen LogP contribution in [0.2, 0.25) is 0 Å². The lowest BCUT2D eigenvalue weighted by Crippen LogP contribution is -2.00. The van der Waals surface area contributed by atoms with Gasteiger partial charge in [0.1, 0.15) is 5.82 Å². The standard InChI is InChI=1S/C12H13FN2/c1-15-12(8-9-14-15)7-4-10-2-5-11(13)6-3-10/h2-3,5-6,8-9H,4,7H2,1H3. The Hall–Kier alpha value is -1.64. The van der Waals surface area contributed by atoms with Crippen molar-refractivity contribution in [1.29, 1.82) is 0 Å². The summed E-state index contributed by atoms with van der Waals surface area (Å²) >= 11 is 0. The Morgan fingerprint density at radius 2 is 1.87 bits per heavy atom. The fourth-order valence-electron chi connectivity index (χ4n) is 1.57. The number of nitrogens with zero attached hydrogens (tertiary/aromatic N) is 2. The first-order valence-electron chi connectivity index (χ1n) is 4.97. The average Bonchev–Trinajstić information content (AvgIpc) is 2.63. The molecule has 0 aliphatic carbocycles. The van der Waals surface area contributed by atoms with Crippen LogP contribution in [-0.2, 0) is 19.9 Å². The minimum Gasteiger partial charge on any atom is -0.273 e. The Balaban J connectivity index is 1.99. The Morgan fingerprint density at radius 3 is 2.47 bits per heavy atom. The summed E-state index contributed by atoms with van der Waals surface area (Å²) in [4.78, 5) is 0. The zero-order valence-corrected chi connectivity index (χ0v) is 8.65. The molecule has 15 heavy (non-hydrogen) atoms. The van der Waals surface area contributed by atoms with Crippen LogP contribution < -0.4 is 0 Å². The van der Waals surface area contributed by atoms with Crippen molar-refractivity contribution in [1.82, 2.24) is 9.78 Å². The number of aryl methyl sites for hydroxylation is 3. The lowest BCUT2D eigenvalue weighted by Gasteiger charge is -2.02. The summed E-state index contributed by atoms with van der Waals surface area (Å²) < 4.78 is 14.5. The first-order valence-corrected chi connectivity index (χ1v) is 4.97. The molecule has 1 heterocycles. The van der Waals surface area contributed by atoms with Gasteiger partial charge >= 0.3 is 0 Å². The second kappa shape index (κ2) is 4.26. The normalized spacial score (nSPS) is 10.5. The van der Waals surface area contributed by atoms with E-state index < -0.39 is 0 Å². The molecule has 0 saturated heterocycles. The van der Waals surface area contributed by atoms with Crippen LogP contribution >= 0.6 is 0 Å². The molecule has 0 fully saturated rings. The lowest BCUT2D eigenvalue weighted by atomic mass is 10.1. The Bertz CT molecular complexity index is 431. The molecule has 2 aromatic rings. The molecular formula is C12H13FN2. The molecule has 0 bridgehead atoms. The molecule has 1 aromatic carbocycles. The van der Waals surface area contributed by atoms with Gasteiger partial charge in [0.15, 0.2) is 0 Å². The third-order valence-corrected chi connectivity index (χ3v) is 2.51. The van der Waals surface area contributed by atoms with Gasteiger partial charge in [-0.1, -0.05) is 12.1 Å². The molecular weight excluding hydrogens is 191 g/mol. The summed E-state index contributed by atoms with van der Waals surface area (Å²) in [6, 6.07) is 8.65. The molecule has 0 atom stereocenters. The molecule has 0 unspecified atom stereocenters. The highest BCUT2D eigenvalue weighted by molar-refractivity contribution is 5.17. The van der Waals surface area contributed by atoms with Gasteiger partial charge in [0.25, 0.3) is 0 Å². The molecule has 3 heteroatoms. The zero-order chi connectivity index (χ0) is 10.7. The van der Waals surface area contributed by atoms with Gasteiger partial charge in [0.05, 0.1) is 0 Å². The molecule has 0 aliphatic rings. The van der Waals surface area contributed by atoms with Crippen LogP contribution in [0.3, 0.4) is 0 Å². The smallest absolute Gasteiger partial charge is 0.123 e. The highest BCUT2D eigenvalue weighted by Crippen LogP contribution is 2.07. The number of benzene rings is 1. The van der Waals surface area contributed by atoms with E-state index in [4.69, 9.17) is 0 Å². The van der Waals surface area contributed by atoms with Crippen LogP contribution in [0, 0.1) is 5.82 Å². The molecule has 2 nitrogen and oxygen atoms in total. The van der Waals surface area contributed by atoms with Crippen molar-refractivity contribution in [2.75, 3.05) is 0 Å². The predicted molar refractivity (Wildman–Crippen MR) is 57.0 cm³/mol. The lowest BCUT2D eigenvalue weighted by molar-refractivity contribution is 0.626. The van der Waals surface area contributed by atoms with Gasteiger partial charge in [0, 0.05) is 18.9 Å². The fraction of sp³-hybridized carbons (Fsp3) is 0.250. The van der Waals surface area contributed by atoms with Crippen molar-refractivity contribution in [3.63, 3.8) is 0 Å². The first-order chi connectivity index (χ1) is 7.25. The predicted octanol–water partition coefficient (Wildman–Crippen LogP) is 2.34. The van der Waals surface area contributed by atoms with E-state index in [9.17, 15) is 4.39 Å². The SMILES string of the molecule is Cn1nccc1CCc1ccc(F)cc1. The quantitative estimate of drug-likeness (QED) is 0.750. The number of hydrogen-bond acceptors (Lipinski definition) is 1. The minimum atomic E-state index is -0.181. The van der Waals surface area contributed by atoms with Gasteiger partial charge < -0.3 is 0 Å². The summed E-state index contributed by atoms with van der Waals surface area (Å²) in [6.45, 7) is 0. The van der Waals surface area contributed by atoms with E-state index in [0.29, 0.717) is 0 Å². The van der Waals surface area contributed by atoms with Crippen molar-refractivity contribution in [3.8, 4) is 0 Å². The molecule has 0 spiro atoms. The molecule has 1 aromatic heterocycles. The number of aromatic nitrogens is 2. The Labute approximate surface area is 88.4 Å². The van der Waals surface area contributed by atoms with Gasteiger partial charge in [-0.05, 0) is 36.6 Å². The summed E-state index contributed by atoms with van der Waals surface area (Å²) in [5, 5.41) is 4.10. The van der Waals surface area contributed by atoms with E-state index in [0.717, 1.165) is 18.4 Å². The van der Waals surface area contributed by atoms with Crippen molar-refractivity contribution >= 4 is 0 Å². The molecule has 0 amide bonds. The van der Waals surface area contributed by atoms with Gasteiger partial charge in [-0.2, -0.15) is 5.10 Å². The molecule has 0 aliphatic heterocycles. The van der Waals surface area contributed by atoms with E-state index >= 15 is 0 Å². The van der Waals surface area contributed by atoms with Gasteiger partial charge in [-0.3, -0.25) is 4.68 Å². The largest absolute Gasteiger partial charge is 0.273 e. The maximum absolute atomic E-state index is 12.7. The van der Waals surface area contributed by atoms with Crippen LogP contribution in [0.5, 0.6) is 0 Å². The van der Waals surface area contributed by atoms with Gasteiger partial charge in [-0.15, -0.1) is 0 Å². The zero-order valence-electron chi connectivity index (χ0n) is 8.65. The van der Waals surface area contributed by atoms with Crippen molar-refractivity contribution in [2.24, 2.45) is 7.05 Å². The summed E-state index contributed by atoms with van der Waals surface area (Å²) in [5.74, 6) is -0.181. The van der Waals surface area contributed by atoms with Gasteiger partial charge in [-0.25, -0.2) is 4.39 Å². The van der Waals surface area contributed by atoms with Crippen molar-refractivity contribution in [2.45, 2.75) is 12.8 Å². The monoisotopic (exact) mass is 204 g/mol. The average molecular weight is 204 g/mol. The highest BCUT2D eigenvalue weighted by atomic mass is 19.1. The van der Waals surface area contributed by atoms with E-state index in [1.165, 1.54) is 17.8 Å². The van der Waals surface area contributed by atoms with E-state index in [1.807, 2.05) is 29.9 Å². The Morgan fingerprint density at radius 1 is 1.13 bits per heavy atom. The van der Waals surface area contributed by atoms with Crippen molar-refractivity contribution < 1.29 is 4.39 Å². The van der Waals surface area contributed by atoms with E-state index in [1.54, 1.807) is 6.20 Å². The van der Waals surface area contributed by atoms with Crippen LogP contribution in [0.15, 0.2) is 36.5 Å². The Kier molecular flexibility index (Phi) is 2.81. The molecule has 0 N–H and O–H groups in total. The number of hydrogen-bond donors (Lipinski definition) is 0. The highest BCUT2D eigenvalue weighted by Gasteiger charge is 1.99. The van der Waals surface area contributed by atoms with Crippen LogP contribution in [-0.4, -0.2) is 9.78 Å². The number of halogens is 1. The fourth-order valence-corrected chi connectivity index (χ4v) is 1.57. The molecule has 0 radical (unpaired) electrons. The third kappa shape index (κ3) is 2.43. The summed E-state index contributed by atoms with van der Waals surface area (Å²) in [7, 11) is 1.93. The van der Waals surface area contributed by atoms with Crippen LogP contribution in [0.25, 0.3) is 0 Å². The van der Waals surface area contributed by atoms with E-state index in [2.05, 4.69) is 5.10 Å².